The van der Waals surface area contributed by atoms with Gasteiger partial charge in [-0.05, 0) is 30.7 Å². The van der Waals surface area contributed by atoms with Gasteiger partial charge in [0.25, 0.3) is 10.0 Å². The predicted molar refractivity (Wildman–Crippen MR) is 124 cm³/mol. The first kappa shape index (κ1) is 23.0. The predicted octanol–water partition coefficient (Wildman–Crippen LogP) is 5.03. The van der Waals surface area contributed by atoms with Crippen LogP contribution in [0.5, 0.6) is 5.75 Å². The molecule has 10 heteroatoms. The minimum Gasteiger partial charge on any atom is -0.488 e. The fourth-order valence-electron chi connectivity index (χ4n) is 3.75. The van der Waals surface area contributed by atoms with Gasteiger partial charge in [-0.15, -0.1) is 11.3 Å². The Labute approximate surface area is 196 Å². The molecule has 1 aromatic heterocycles. The number of halogens is 2. The van der Waals surface area contributed by atoms with Gasteiger partial charge in [-0.2, -0.15) is 0 Å². The standard InChI is InChI=1S/C22H23ClFN3O3S2/c1-15-13-27(14-16-4-2-3-5-19(16)24)10-8-20(15)30-21-7-6-17(12-18(21)23)32(28,29)26-22-25-9-11-31-22/h2-7,9,11-12,15,20H,8,10,13-14H2,1H3,(H,25,26)/t15-,20-/m1/s1. The summed E-state index contributed by atoms with van der Waals surface area (Å²) < 4.78 is 47.6. The number of piperidine rings is 1. The molecule has 2 atom stereocenters. The van der Waals surface area contributed by atoms with Crippen molar-refractivity contribution in [3.63, 3.8) is 0 Å². The van der Waals surface area contributed by atoms with Gasteiger partial charge in [0.15, 0.2) is 5.13 Å². The van der Waals surface area contributed by atoms with E-state index in [2.05, 4.69) is 21.5 Å². The van der Waals surface area contributed by atoms with Crippen LogP contribution in [-0.4, -0.2) is 37.5 Å². The smallest absolute Gasteiger partial charge is 0.263 e. The molecule has 1 N–H and O–H groups in total. The number of nitrogens with one attached hydrogen (secondary N) is 1. The number of rotatable bonds is 7. The molecule has 3 aromatic rings. The normalized spacial score (nSPS) is 19.6. The topological polar surface area (TPSA) is 71.5 Å². The fraction of sp³-hybridized carbons (Fsp3) is 0.318. The van der Waals surface area contributed by atoms with E-state index in [-0.39, 0.29) is 32.9 Å². The molecule has 0 bridgehead atoms. The Balaban J connectivity index is 1.38. The molecule has 0 radical (unpaired) electrons. The lowest BCUT2D eigenvalue weighted by Crippen LogP contribution is -2.44. The molecule has 4 rings (SSSR count). The molecule has 1 saturated heterocycles. The lowest BCUT2D eigenvalue weighted by atomic mass is 9.96. The number of hydrogen-bond donors (Lipinski definition) is 1. The lowest BCUT2D eigenvalue weighted by molar-refractivity contribution is 0.0486. The van der Waals surface area contributed by atoms with E-state index >= 15 is 0 Å². The first-order valence-corrected chi connectivity index (χ1v) is 12.9. The van der Waals surface area contributed by atoms with Crippen LogP contribution in [0.25, 0.3) is 0 Å². The Kier molecular flexibility index (Phi) is 6.99. The Morgan fingerprint density at radius 1 is 1.31 bits per heavy atom. The Morgan fingerprint density at radius 3 is 2.81 bits per heavy atom. The van der Waals surface area contributed by atoms with Crippen molar-refractivity contribution >= 4 is 38.1 Å². The monoisotopic (exact) mass is 495 g/mol. The highest BCUT2D eigenvalue weighted by Crippen LogP contribution is 2.32. The first-order valence-electron chi connectivity index (χ1n) is 10.2. The van der Waals surface area contributed by atoms with Crippen LogP contribution in [-0.2, 0) is 16.6 Å². The number of benzene rings is 2. The van der Waals surface area contributed by atoms with E-state index in [9.17, 15) is 12.8 Å². The highest BCUT2D eigenvalue weighted by atomic mass is 35.5. The second-order valence-corrected chi connectivity index (χ2v) is 10.8. The van der Waals surface area contributed by atoms with Crippen molar-refractivity contribution in [3.8, 4) is 5.75 Å². The highest BCUT2D eigenvalue weighted by Gasteiger charge is 2.29. The number of anilines is 1. The average molecular weight is 496 g/mol. The number of hydrogen-bond acceptors (Lipinski definition) is 6. The molecule has 1 aliphatic rings. The van der Waals surface area contributed by atoms with Crippen molar-refractivity contribution in [2.45, 2.75) is 30.9 Å². The summed E-state index contributed by atoms with van der Waals surface area (Å²) in [6.45, 7) is 4.18. The van der Waals surface area contributed by atoms with Crippen molar-refractivity contribution in [3.05, 3.63) is 70.4 Å². The van der Waals surface area contributed by atoms with Gasteiger partial charge < -0.3 is 4.74 Å². The zero-order valence-corrected chi connectivity index (χ0v) is 19.8. The molecule has 0 saturated carbocycles. The van der Waals surface area contributed by atoms with Gasteiger partial charge in [0.1, 0.15) is 17.7 Å². The summed E-state index contributed by atoms with van der Waals surface area (Å²) in [5.41, 5.74) is 0.685. The van der Waals surface area contributed by atoms with Crippen molar-refractivity contribution < 1.29 is 17.5 Å². The summed E-state index contributed by atoms with van der Waals surface area (Å²) in [6, 6.07) is 11.2. The fourth-order valence-corrected chi connectivity index (χ4v) is 5.86. The summed E-state index contributed by atoms with van der Waals surface area (Å²) in [7, 11) is -3.79. The van der Waals surface area contributed by atoms with Crippen molar-refractivity contribution in [1.29, 1.82) is 0 Å². The van der Waals surface area contributed by atoms with Crippen LogP contribution < -0.4 is 9.46 Å². The van der Waals surface area contributed by atoms with E-state index in [0.29, 0.717) is 17.9 Å². The molecule has 2 aromatic carbocycles. The first-order chi connectivity index (χ1) is 15.3. The van der Waals surface area contributed by atoms with Crippen LogP contribution >= 0.6 is 22.9 Å². The van der Waals surface area contributed by atoms with Gasteiger partial charge >= 0.3 is 0 Å². The molecular formula is C22H23ClFN3O3S2. The third kappa shape index (κ3) is 5.40. The van der Waals surface area contributed by atoms with E-state index in [1.54, 1.807) is 23.6 Å². The molecule has 0 aliphatic carbocycles. The van der Waals surface area contributed by atoms with Crippen LogP contribution in [0.4, 0.5) is 9.52 Å². The summed E-state index contributed by atoms with van der Waals surface area (Å²) in [4.78, 5) is 6.19. The summed E-state index contributed by atoms with van der Waals surface area (Å²) in [5.74, 6) is 0.450. The number of ether oxygens (including phenoxy) is 1. The summed E-state index contributed by atoms with van der Waals surface area (Å²) >= 11 is 7.55. The van der Waals surface area contributed by atoms with Crippen LogP contribution in [0.15, 0.2) is 58.9 Å². The minimum atomic E-state index is -3.79. The number of aromatic nitrogens is 1. The highest BCUT2D eigenvalue weighted by molar-refractivity contribution is 7.93. The SMILES string of the molecule is C[C@@H]1CN(Cc2ccccc2F)CC[C@H]1Oc1ccc(S(=O)(=O)Nc2nccs2)cc1Cl. The molecule has 0 spiro atoms. The van der Waals surface area contributed by atoms with E-state index in [1.807, 2.05) is 6.07 Å². The molecule has 2 heterocycles. The second kappa shape index (κ2) is 9.74. The largest absolute Gasteiger partial charge is 0.488 e. The molecule has 6 nitrogen and oxygen atoms in total. The van der Waals surface area contributed by atoms with Crippen LogP contribution in [0, 0.1) is 11.7 Å². The summed E-state index contributed by atoms with van der Waals surface area (Å²) in [5, 5.41) is 2.20. The number of thiazole rings is 1. The van der Waals surface area contributed by atoms with Crippen molar-refractivity contribution in [2.24, 2.45) is 5.92 Å². The zero-order chi connectivity index (χ0) is 22.7. The third-order valence-corrected chi connectivity index (χ3v) is 7.86. The maximum Gasteiger partial charge on any atom is 0.263 e. The molecular weight excluding hydrogens is 473 g/mol. The number of likely N-dealkylation sites (tertiary alicyclic amines) is 1. The van der Waals surface area contributed by atoms with Crippen LogP contribution in [0.1, 0.15) is 18.9 Å². The summed E-state index contributed by atoms with van der Waals surface area (Å²) in [6.07, 6.45) is 2.22. The van der Waals surface area contributed by atoms with Crippen molar-refractivity contribution in [2.75, 3.05) is 17.8 Å². The van der Waals surface area contributed by atoms with E-state index in [0.717, 1.165) is 19.5 Å². The van der Waals surface area contributed by atoms with Gasteiger partial charge in [-0.3, -0.25) is 9.62 Å². The van der Waals surface area contributed by atoms with Crippen molar-refractivity contribution in [1.82, 2.24) is 9.88 Å². The van der Waals surface area contributed by atoms with Gasteiger partial charge in [0, 0.05) is 42.7 Å². The molecule has 170 valence electrons. The molecule has 1 aliphatic heterocycles. The van der Waals surface area contributed by atoms with Crippen LogP contribution in [0.3, 0.4) is 0 Å². The molecule has 32 heavy (non-hydrogen) atoms. The zero-order valence-electron chi connectivity index (χ0n) is 17.4. The van der Waals surface area contributed by atoms with Gasteiger partial charge in [-0.1, -0.05) is 36.7 Å². The van der Waals surface area contributed by atoms with Gasteiger partial charge in [0.05, 0.1) is 9.92 Å². The Morgan fingerprint density at radius 2 is 2.12 bits per heavy atom. The number of nitrogens with zero attached hydrogens (tertiary/aromatic N) is 2. The lowest BCUT2D eigenvalue weighted by Gasteiger charge is -2.37. The van der Waals surface area contributed by atoms with E-state index < -0.39 is 10.0 Å². The average Bonchev–Trinajstić information content (AvgIpc) is 3.25. The third-order valence-electron chi connectivity index (χ3n) is 5.41. The molecule has 1 fully saturated rings. The van der Waals surface area contributed by atoms with Crippen LogP contribution in [0.2, 0.25) is 5.02 Å². The maximum absolute atomic E-state index is 14.0. The van der Waals surface area contributed by atoms with Gasteiger partial charge in [-0.25, -0.2) is 17.8 Å². The number of sulfonamides is 1. The minimum absolute atomic E-state index is 0.0396. The second-order valence-electron chi connectivity index (χ2n) is 7.78. The quantitative estimate of drug-likeness (QED) is 0.498. The van der Waals surface area contributed by atoms with E-state index in [4.69, 9.17) is 16.3 Å². The molecule has 0 unspecified atom stereocenters. The maximum atomic E-state index is 14.0. The molecule has 0 amide bonds. The Bertz CT molecular complexity index is 1170. The Hall–Kier alpha value is -2.20. The van der Waals surface area contributed by atoms with Gasteiger partial charge in [0.2, 0.25) is 0 Å². The van der Waals surface area contributed by atoms with E-state index in [1.165, 1.54) is 35.7 Å².